The molecule has 140 valence electrons. The first-order valence-electron chi connectivity index (χ1n) is 11.3. The minimum Gasteiger partial charge on any atom is -0.200 e. The van der Waals surface area contributed by atoms with Gasteiger partial charge in [0.2, 0.25) is 5.69 Å². The minimum atomic E-state index is 0.283. The molecule has 0 fully saturated rings. The molecule has 4 rings (SSSR count). The van der Waals surface area contributed by atoms with Gasteiger partial charge in [-0.05, 0) is 83.4 Å². The van der Waals surface area contributed by atoms with Gasteiger partial charge in [-0.25, -0.2) is 4.57 Å². The highest BCUT2D eigenvalue weighted by molar-refractivity contribution is 5.95. The summed E-state index contributed by atoms with van der Waals surface area (Å²) < 4.78 is 19.2. The number of aryl methyl sites for hydroxylation is 2. The summed E-state index contributed by atoms with van der Waals surface area (Å²) in [4.78, 5) is 0. The Balaban J connectivity index is 2.14. The quantitative estimate of drug-likeness (QED) is 0.477. The largest absolute Gasteiger partial charge is 0.220 e. The van der Waals surface area contributed by atoms with Gasteiger partial charge < -0.3 is 0 Å². The Kier molecular flexibility index (Phi) is 3.98. The van der Waals surface area contributed by atoms with Crippen molar-refractivity contribution in [2.75, 3.05) is 0 Å². The predicted octanol–water partition coefficient (Wildman–Crippen LogP) is 6.38. The summed E-state index contributed by atoms with van der Waals surface area (Å²) in [7, 11) is 1.94. The fourth-order valence-corrected chi connectivity index (χ4v) is 4.57. The molecule has 1 aliphatic carbocycles. The number of hydrogen-bond donors (Lipinski definition) is 0. The lowest BCUT2D eigenvalue weighted by Crippen LogP contribution is -2.31. The third kappa shape index (κ3) is 3.08. The molecule has 1 aromatic heterocycles. The predicted molar refractivity (Wildman–Crippen MR) is 116 cm³/mol. The van der Waals surface area contributed by atoms with Crippen molar-refractivity contribution in [3.05, 3.63) is 64.3 Å². The van der Waals surface area contributed by atoms with Crippen molar-refractivity contribution in [1.82, 2.24) is 0 Å². The topological polar surface area (TPSA) is 3.88 Å². The molecule has 0 saturated carbocycles. The summed E-state index contributed by atoms with van der Waals surface area (Å²) in [5, 5.41) is 2.04. The Morgan fingerprint density at radius 3 is 2.33 bits per heavy atom. The molecule has 1 heteroatoms. The monoisotopic (exact) mass is 360 g/mol. The van der Waals surface area contributed by atoms with E-state index in [4.69, 9.17) is 2.74 Å². The lowest BCUT2D eigenvalue weighted by atomic mass is 9.86. The molecule has 27 heavy (non-hydrogen) atoms. The first-order valence-corrected chi connectivity index (χ1v) is 10.3. The van der Waals surface area contributed by atoms with E-state index in [0.29, 0.717) is 17.9 Å². The van der Waals surface area contributed by atoms with E-state index in [9.17, 15) is 0 Å². The Labute approximate surface area is 166 Å². The van der Waals surface area contributed by atoms with Gasteiger partial charge in [-0.2, -0.15) is 0 Å². The van der Waals surface area contributed by atoms with Crippen LogP contribution in [0.1, 0.15) is 76.5 Å². The van der Waals surface area contributed by atoms with Crippen molar-refractivity contribution < 1.29 is 7.31 Å². The number of nitrogens with zero attached hydrogens (tertiary/aromatic N) is 1. The second-order valence-corrected chi connectivity index (χ2v) is 8.76. The van der Waals surface area contributed by atoms with E-state index in [2.05, 4.69) is 58.9 Å². The highest BCUT2D eigenvalue weighted by Crippen LogP contribution is 2.37. The SMILES string of the molecule is [2H]c1c([2H])[n+](C)c(-c2cc(C(C)C)cc(C(C)C)c2C)c2cc3c(cc12)CCC3. The van der Waals surface area contributed by atoms with E-state index >= 15 is 0 Å². The lowest BCUT2D eigenvalue weighted by Gasteiger charge is -2.18. The molecule has 1 nitrogen and oxygen atoms in total. The van der Waals surface area contributed by atoms with Crippen LogP contribution in [0.3, 0.4) is 0 Å². The van der Waals surface area contributed by atoms with Gasteiger partial charge in [0.25, 0.3) is 0 Å². The zero-order valence-corrected chi connectivity index (χ0v) is 17.5. The van der Waals surface area contributed by atoms with Crippen LogP contribution in [0.15, 0.2) is 36.5 Å². The standard InChI is InChI=1S/C26H32N/c1-16(2)22-14-23(17(3)4)18(5)24(15-22)26-25-13-20-9-7-8-19(20)12-21(25)10-11-27(26)6/h10-17H,7-9H2,1-6H3/q+1/i10D,11D. The zero-order valence-electron chi connectivity index (χ0n) is 19.5. The highest BCUT2D eigenvalue weighted by atomic mass is 14.9. The number of benzene rings is 2. The van der Waals surface area contributed by atoms with Crippen LogP contribution in [0.4, 0.5) is 0 Å². The fraction of sp³-hybridized carbons (Fsp3) is 0.423. The maximum Gasteiger partial charge on any atom is 0.220 e. The van der Waals surface area contributed by atoms with Crippen LogP contribution >= 0.6 is 0 Å². The summed E-state index contributed by atoms with van der Waals surface area (Å²) in [5.74, 6) is 0.887. The fourth-order valence-electron chi connectivity index (χ4n) is 4.57. The van der Waals surface area contributed by atoms with E-state index < -0.39 is 0 Å². The third-order valence-corrected chi connectivity index (χ3v) is 6.19. The molecular weight excluding hydrogens is 326 g/mol. The normalized spacial score (nSPS) is 14.8. The van der Waals surface area contributed by atoms with E-state index in [0.717, 1.165) is 29.3 Å². The van der Waals surface area contributed by atoms with Crippen molar-refractivity contribution in [3.8, 4) is 11.3 Å². The van der Waals surface area contributed by atoms with E-state index in [-0.39, 0.29) is 6.17 Å². The molecule has 0 bridgehead atoms. The minimum absolute atomic E-state index is 0.283. The first kappa shape index (κ1) is 15.9. The highest BCUT2D eigenvalue weighted by Gasteiger charge is 2.23. The van der Waals surface area contributed by atoms with Crippen LogP contribution in [-0.4, -0.2) is 0 Å². The van der Waals surface area contributed by atoms with Crippen molar-refractivity contribution in [2.24, 2.45) is 7.05 Å². The Morgan fingerprint density at radius 1 is 0.963 bits per heavy atom. The molecule has 0 unspecified atom stereocenters. The van der Waals surface area contributed by atoms with Crippen LogP contribution in [0.2, 0.25) is 0 Å². The lowest BCUT2D eigenvalue weighted by molar-refractivity contribution is -0.659. The molecule has 0 atom stereocenters. The summed E-state index contributed by atoms with van der Waals surface area (Å²) in [5.41, 5.74) is 9.07. The molecule has 0 amide bonds. The van der Waals surface area contributed by atoms with Gasteiger partial charge in [-0.1, -0.05) is 39.8 Å². The van der Waals surface area contributed by atoms with E-state index in [1.165, 1.54) is 39.8 Å². The van der Waals surface area contributed by atoms with Crippen molar-refractivity contribution in [3.63, 3.8) is 0 Å². The molecule has 0 spiro atoms. The number of rotatable bonds is 3. The molecule has 1 heterocycles. The molecule has 1 aliphatic rings. The summed E-state index contributed by atoms with van der Waals surface area (Å²) in [6.07, 6.45) is 3.68. The third-order valence-electron chi connectivity index (χ3n) is 6.19. The Morgan fingerprint density at radius 2 is 1.67 bits per heavy atom. The second-order valence-electron chi connectivity index (χ2n) is 8.76. The van der Waals surface area contributed by atoms with E-state index in [1.54, 1.807) is 0 Å². The average Bonchev–Trinajstić information content (AvgIpc) is 3.13. The number of pyridine rings is 1. The van der Waals surface area contributed by atoms with Crippen molar-refractivity contribution in [2.45, 2.75) is 65.7 Å². The molecule has 0 saturated heterocycles. The maximum atomic E-state index is 8.64. The number of hydrogen-bond acceptors (Lipinski definition) is 0. The Hall–Kier alpha value is -2.15. The van der Waals surface area contributed by atoms with E-state index in [1.807, 2.05) is 11.6 Å². The molecule has 0 aliphatic heterocycles. The van der Waals surface area contributed by atoms with Gasteiger partial charge >= 0.3 is 0 Å². The van der Waals surface area contributed by atoms with Gasteiger partial charge in [0.15, 0.2) is 6.17 Å². The molecular formula is C26H32N+. The van der Waals surface area contributed by atoms with Crippen LogP contribution in [-0.2, 0) is 19.9 Å². The summed E-state index contributed by atoms with van der Waals surface area (Å²) >= 11 is 0. The van der Waals surface area contributed by atoms with Gasteiger partial charge in [0.05, 0.1) is 12.3 Å². The summed E-state index contributed by atoms with van der Waals surface area (Å²) in [6, 6.07) is 9.50. The number of aromatic nitrogens is 1. The first-order chi connectivity index (χ1) is 13.7. The van der Waals surface area contributed by atoms with Crippen LogP contribution in [0, 0.1) is 6.92 Å². The smallest absolute Gasteiger partial charge is 0.200 e. The van der Waals surface area contributed by atoms with Gasteiger partial charge in [0, 0.05) is 6.04 Å². The van der Waals surface area contributed by atoms with Crippen molar-refractivity contribution >= 4 is 10.8 Å². The zero-order chi connectivity index (χ0) is 21.0. The second kappa shape index (κ2) is 6.78. The number of fused-ring (bicyclic) bond motifs is 2. The molecule has 0 radical (unpaired) electrons. The van der Waals surface area contributed by atoms with Gasteiger partial charge in [-0.3, -0.25) is 0 Å². The van der Waals surface area contributed by atoms with Gasteiger partial charge in [-0.15, -0.1) is 0 Å². The molecule has 2 aromatic carbocycles. The van der Waals surface area contributed by atoms with Crippen LogP contribution in [0.5, 0.6) is 0 Å². The average molecular weight is 361 g/mol. The maximum absolute atomic E-state index is 8.64. The molecule has 3 aromatic rings. The molecule has 0 N–H and O–H groups in total. The van der Waals surface area contributed by atoms with Crippen molar-refractivity contribution in [1.29, 1.82) is 0 Å². The van der Waals surface area contributed by atoms with Crippen LogP contribution < -0.4 is 4.57 Å². The van der Waals surface area contributed by atoms with Crippen LogP contribution in [0.25, 0.3) is 22.0 Å². The Bertz CT molecular complexity index is 1130. The summed E-state index contributed by atoms with van der Waals surface area (Å²) in [6.45, 7) is 11.2. The van der Waals surface area contributed by atoms with Gasteiger partial charge in [0.1, 0.15) is 8.42 Å².